The Labute approximate surface area is 84.1 Å². The average Bonchev–Trinajstić information content (AvgIpc) is 2.47. The molecular formula is C10H18N2O2. The molecule has 1 aliphatic heterocycles. The van der Waals surface area contributed by atoms with Gasteiger partial charge in [-0.05, 0) is 25.7 Å². The van der Waals surface area contributed by atoms with E-state index in [0.29, 0.717) is 19.0 Å². The molecule has 0 radical (unpaired) electrons. The van der Waals surface area contributed by atoms with Gasteiger partial charge in [-0.2, -0.15) is 0 Å². The number of hydrogen-bond donors (Lipinski definition) is 2. The van der Waals surface area contributed by atoms with Crippen LogP contribution in [0.3, 0.4) is 0 Å². The topological polar surface area (TPSA) is 66.6 Å². The summed E-state index contributed by atoms with van der Waals surface area (Å²) in [6, 6.07) is 0.355. The Morgan fingerprint density at radius 2 is 1.93 bits per heavy atom. The molecule has 0 aromatic carbocycles. The predicted molar refractivity (Wildman–Crippen MR) is 52.6 cm³/mol. The fraction of sp³-hybridized carbons (Fsp3) is 0.900. The summed E-state index contributed by atoms with van der Waals surface area (Å²) in [5.74, 6) is 0.193. The number of hydrogen-bond acceptors (Lipinski definition) is 3. The summed E-state index contributed by atoms with van der Waals surface area (Å²) >= 11 is 0. The lowest BCUT2D eigenvalue weighted by atomic mass is 9.92. The molecular weight excluding hydrogens is 180 g/mol. The third-order valence-electron chi connectivity index (χ3n) is 3.30. The van der Waals surface area contributed by atoms with E-state index in [1.54, 1.807) is 0 Å². The third-order valence-corrected chi connectivity index (χ3v) is 3.30. The van der Waals surface area contributed by atoms with Gasteiger partial charge in [-0.15, -0.1) is 0 Å². The predicted octanol–water partition coefficient (Wildman–Crippen LogP) is -0.151. The first kappa shape index (κ1) is 9.93. The first-order valence-corrected chi connectivity index (χ1v) is 5.40. The highest BCUT2D eigenvalue weighted by molar-refractivity contribution is 5.79. The molecule has 3 N–H and O–H groups in total. The molecule has 4 nitrogen and oxygen atoms in total. The summed E-state index contributed by atoms with van der Waals surface area (Å²) in [5, 5.41) is 9.36. The van der Waals surface area contributed by atoms with Crippen molar-refractivity contribution >= 4 is 5.91 Å². The monoisotopic (exact) mass is 198 g/mol. The van der Waals surface area contributed by atoms with E-state index in [1.165, 1.54) is 0 Å². The Bertz CT molecular complexity index is 224. The van der Waals surface area contributed by atoms with Gasteiger partial charge in [0.25, 0.3) is 0 Å². The Hall–Kier alpha value is -0.610. The van der Waals surface area contributed by atoms with E-state index in [2.05, 4.69) is 0 Å². The van der Waals surface area contributed by atoms with Crippen LogP contribution < -0.4 is 5.73 Å². The van der Waals surface area contributed by atoms with Crippen LogP contribution in [0.15, 0.2) is 0 Å². The summed E-state index contributed by atoms with van der Waals surface area (Å²) in [7, 11) is 0. The van der Waals surface area contributed by atoms with Gasteiger partial charge in [0.2, 0.25) is 5.91 Å². The lowest BCUT2D eigenvalue weighted by molar-refractivity contribution is -0.130. The van der Waals surface area contributed by atoms with Crippen LogP contribution in [0.4, 0.5) is 0 Å². The van der Waals surface area contributed by atoms with Gasteiger partial charge in [0.1, 0.15) is 0 Å². The quantitative estimate of drug-likeness (QED) is 0.615. The molecule has 2 aliphatic rings. The Kier molecular flexibility index (Phi) is 2.74. The van der Waals surface area contributed by atoms with Crippen LogP contribution in [0, 0.1) is 0 Å². The summed E-state index contributed by atoms with van der Waals surface area (Å²) in [6.07, 6.45) is 3.85. The van der Waals surface area contributed by atoms with Crippen LogP contribution in [0.1, 0.15) is 32.1 Å². The SMILES string of the molecule is NC1CC(=O)N(C2CCC(O)CC2)C1. The number of carbonyl (C=O) groups is 1. The molecule has 14 heavy (non-hydrogen) atoms. The van der Waals surface area contributed by atoms with Crippen LogP contribution in [-0.4, -0.2) is 40.6 Å². The second kappa shape index (κ2) is 3.87. The molecule has 4 heteroatoms. The zero-order valence-electron chi connectivity index (χ0n) is 8.35. The molecule has 0 spiro atoms. The summed E-state index contributed by atoms with van der Waals surface area (Å²) in [5.41, 5.74) is 5.74. The zero-order chi connectivity index (χ0) is 10.1. The minimum absolute atomic E-state index is 0.0225. The molecule has 0 bridgehead atoms. The summed E-state index contributed by atoms with van der Waals surface area (Å²) < 4.78 is 0. The third kappa shape index (κ3) is 1.91. The van der Waals surface area contributed by atoms with Crippen LogP contribution in [0.5, 0.6) is 0 Å². The largest absolute Gasteiger partial charge is 0.393 e. The minimum Gasteiger partial charge on any atom is -0.393 e. The van der Waals surface area contributed by atoms with Gasteiger partial charge >= 0.3 is 0 Å². The Morgan fingerprint density at radius 3 is 2.43 bits per heavy atom. The maximum absolute atomic E-state index is 11.5. The smallest absolute Gasteiger partial charge is 0.224 e. The van der Waals surface area contributed by atoms with E-state index in [9.17, 15) is 9.90 Å². The average molecular weight is 198 g/mol. The molecule has 1 atom stereocenters. The molecule has 0 aromatic heterocycles. The van der Waals surface area contributed by atoms with E-state index >= 15 is 0 Å². The lowest BCUT2D eigenvalue weighted by Gasteiger charge is -2.33. The zero-order valence-corrected chi connectivity index (χ0v) is 8.35. The molecule has 1 saturated heterocycles. The van der Waals surface area contributed by atoms with Crippen molar-refractivity contribution in [1.29, 1.82) is 0 Å². The maximum atomic E-state index is 11.5. The number of nitrogens with zero attached hydrogens (tertiary/aromatic N) is 1. The van der Waals surface area contributed by atoms with Crippen molar-refractivity contribution in [3.8, 4) is 0 Å². The number of nitrogens with two attached hydrogens (primary N) is 1. The van der Waals surface area contributed by atoms with Gasteiger partial charge in [-0.25, -0.2) is 0 Å². The Morgan fingerprint density at radius 1 is 1.29 bits per heavy atom. The van der Waals surface area contributed by atoms with Crippen LogP contribution in [0.2, 0.25) is 0 Å². The number of amides is 1. The molecule has 2 fully saturated rings. The van der Waals surface area contributed by atoms with Gasteiger partial charge in [0.15, 0.2) is 0 Å². The molecule has 1 saturated carbocycles. The highest BCUT2D eigenvalue weighted by Crippen LogP contribution is 2.26. The van der Waals surface area contributed by atoms with E-state index in [1.807, 2.05) is 4.90 Å². The van der Waals surface area contributed by atoms with Gasteiger partial charge in [-0.1, -0.05) is 0 Å². The molecule has 1 unspecified atom stereocenters. The fourth-order valence-corrected chi connectivity index (χ4v) is 2.48. The van der Waals surface area contributed by atoms with Gasteiger partial charge < -0.3 is 15.7 Å². The molecule has 1 amide bonds. The number of carbonyl (C=O) groups excluding carboxylic acids is 1. The molecule has 0 aromatic rings. The Balaban J connectivity index is 1.92. The number of rotatable bonds is 1. The normalized spacial score (nSPS) is 39.1. The van der Waals surface area contributed by atoms with Crippen molar-refractivity contribution in [3.63, 3.8) is 0 Å². The van der Waals surface area contributed by atoms with Crippen molar-refractivity contribution in [2.45, 2.75) is 50.3 Å². The maximum Gasteiger partial charge on any atom is 0.224 e. The van der Waals surface area contributed by atoms with Crippen LogP contribution >= 0.6 is 0 Å². The van der Waals surface area contributed by atoms with E-state index in [4.69, 9.17) is 5.73 Å². The fourth-order valence-electron chi connectivity index (χ4n) is 2.48. The minimum atomic E-state index is -0.155. The van der Waals surface area contributed by atoms with E-state index < -0.39 is 0 Å². The highest BCUT2D eigenvalue weighted by atomic mass is 16.3. The van der Waals surface area contributed by atoms with Gasteiger partial charge in [0.05, 0.1) is 6.10 Å². The first-order valence-electron chi connectivity index (χ1n) is 5.40. The van der Waals surface area contributed by atoms with Crippen molar-refractivity contribution in [1.82, 2.24) is 4.90 Å². The van der Waals surface area contributed by atoms with Crippen molar-refractivity contribution in [2.24, 2.45) is 5.73 Å². The second-order valence-electron chi connectivity index (χ2n) is 4.47. The standard InChI is InChI=1S/C10H18N2O2/c11-7-5-10(14)12(6-7)8-1-3-9(13)4-2-8/h7-9,13H,1-6,11H2. The molecule has 1 heterocycles. The molecule has 1 aliphatic carbocycles. The van der Waals surface area contributed by atoms with Crippen LogP contribution in [0.25, 0.3) is 0 Å². The van der Waals surface area contributed by atoms with E-state index in [0.717, 1.165) is 25.7 Å². The summed E-state index contributed by atoms with van der Waals surface area (Å²) in [6.45, 7) is 0.708. The number of aliphatic hydroxyl groups excluding tert-OH is 1. The lowest BCUT2D eigenvalue weighted by Crippen LogP contribution is -2.40. The summed E-state index contributed by atoms with van der Waals surface area (Å²) in [4.78, 5) is 13.5. The van der Waals surface area contributed by atoms with Crippen LogP contribution in [-0.2, 0) is 4.79 Å². The van der Waals surface area contributed by atoms with E-state index in [-0.39, 0.29) is 18.1 Å². The second-order valence-corrected chi connectivity index (χ2v) is 4.47. The van der Waals surface area contributed by atoms with Crippen molar-refractivity contribution in [3.05, 3.63) is 0 Å². The molecule has 2 rings (SSSR count). The first-order chi connectivity index (χ1) is 6.66. The van der Waals surface area contributed by atoms with Crippen molar-refractivity contribution < 1.29 is 9.90 Å². The molecule has 80 valence electrons. The number of aliphatic hydroxyl groups is 1. The van der Waals surface area contributed by atoms with Gasteiger partial charge in [-0.3, -0.25) is 4.79 Å². The highest BCUT2D eigenvalue weighted by Gasteiger charge is 2.34. The van der Waals surface area contributed by atoms with Gasteiger partial charge in [0, 0.05) is 25.0 Å². The number of likely N-dealkylation sites (tertiary alicyclic amines) is 1. The van der Waals surface area contributed by atoms with Crippen molar-refractivity contribution in [2.75, 3.05) is 6.54 Å².